The van der Waals surface area contributed by atoms with Crippen LogP contribution in [-0.4, -0.2) is 71.0 Å². The molecule has 268 valence electrons. The molecule has 2 atom stereocenters. The van der Waals surface area contributed by atoms with Gasteiger partial charge in [-0.25, -0.2) is 9.97 Å². The number of carbonyl (C=O) groups is 2. The molecule has 2 aliphatic rings. The second kappa shape index (κ2) is 14.9. The molecule has 0 unspecified atom stereocenters. The quantitative estimate of drug-likeness (QED) is 0.171. The standard InChI is InChI=1S/C40H43ClN8O3/c1-24-29(25-17-18-49-35(19-25)43-21-27(40(49)52)20-42-22-28-12-15-36(50)44-28)7-5-8-30(24)31-9-6-10-32(38(31)41)33-13-11-26(39(45-33)47(2)3)23-48(4)34-14-16-37(51)46-34/h5-11,13,17-19,21,28,34,42H,12,14-16,20,22-23H2,1-4H3,(H,44,50)(H,46,51)/t28-,34-/m0/s1. The van der Waals surface area contributed by atoms with Gasteiger partial charge in [0, 0.05) is 87.3 Å². The van der Waals surface area contributed by atoms with E-state index in [0.717, 1.165) is 63.3 Å². The van der Waals surface area contributed by atoms with Crippen LogP contribution < -0.4 is 26.4 Å². The van der Waals surface area contributed by atoms with Crippen molar-refractivity contribution in [3.63, 3.8) is 0 Å². The first kappa shape index (κ1) is 35.3. The molecule has 2 fully saturated rings. The molecule has 52 heavy (non-hydrogen) atoms. The first-order chi connectivity index (χ1) is 25.1. The van der Waals surface area contributed by atoms with Crippen LogP contribution in [0.3, 0.4) is 0 Å². The Labute approximate surface area is 308 Å². The lowest BCUT2D eigenvalue weighted by Crippen LogP contribution is -2.40. The number of nitrogens with zero attached hydrogens (tertiary/aromatic N) is 5. The minimum absolute atomic E-state index is 0.0148. The van der Waals surface area contributed by atoms with Crippen molar-refractivity contribution < 1.29 is 9.59 Å². The van der Waals surface area contributed by atoms with E-state index < -0.39 is 0 Å². The molecule has 2 amide bonds. The molecule has 2 saturated heterocycles. The Hall–Kier alpha value is -5.10. The van der Waals surface area contributed by atoms with Crippen molar-refractivity contribution in [3.05, 3.63) is 105 Å². The minimum atomic E-state index is -0.123. The predicted molar refractivity (Wildman–Crippen MR) is 205 cm³/mol. The molecule has 0 aliphatic carbocycles. The van der Waals surface area contributed by atoms with Crippen LogP contribution in [0.4, 0.5) is 5.82 Å². The van der Waals surface area contributed by atoms with Crippen molar-refractivity contribution in [1.29, 1.82) is 0 Å². The van der Waals surface area contributed by atoms with E-state index in [4.69, 9.17) is 16.6 Å². The largest absolute Gasteiger partial charge is 0.362 e. The lowest BCUT2D eigenvalue weighted by Gasteiger charge is -2.26. The number of hydrogen-bond acceptors (Lipinski definition) is 8. The molecule has 0 bridgehead atoms. The molecule has 2 aromatic carbocycles. The summed E-state index contributed by atoms with van der Waals surface area (Å²) in [5, 5.41) is 9.88. The van der Waals surface area contributed by atoms with E-state index in [9.17, 15) is 14.4 Å². The fourth-order valence-electron chi connectivity index (χ4n) is 7.24. The molecular formula is C40H43ClN8O3. The van der Waals surface area contributed by atoms with E-state index in [1.54, 1.807) is 16.8 Å². The van der Waals surface area contributed by atoms with Gasteiger partial charge in [-0.3, -0.25) is 23.7 Å². The van der Waals surface area contributed by atoms with Gasteiger partial charge >= 0.3 is 0 Å². The number of carbonyl (C=O) groups excluding carboxylic acids is 2. The molecule has 12 heteroatoms. The van der Waals surface area contributed by atoms with Crippen LogP contribution in [-0.2, 0) is 22.7 Å². The summed E-state index contributed by atoms with van der Waals surface area (Å²) in [6, 6.07) is 20.3. The maximum atomic E-state index is 13.3. The molecule has 2 aliphatic heterocycles. The van der Waals surface area contributed by atoms with Gasteiger partial charge in [0.25, 0.3) is 5.56 Å². The molecule has 3 N–H and O–H groups in total. The maximum absolute atomic E-state index is 13.3. The number of fused-ring (bicyclic) bond motifs is 1. The van der Waals surface area contributed by atoms with Gasteiger partial charge in [0.2, 0.25) is 11.8 Å². The highest BCUT2D eigenvalue weighted by atomic mass is 35.5. The number of nitrogens with one attached hydrogen (secondary N) is 3. The van der Waals surface area contributed by atoms with Crippen LogP contribution in [0, 0.1) is 6.92 Å². The monoisotopic (exact) mass is 718 g/mol. The number of amides is 2. The van der Waals surface area contributed by atoms with Crippen LogP contribution in [0.15, 0.2) is 77.9 Å². The highest BCUT2D eigenvalue weighted by Gasteiger charge is 2.26. The molecular weight excluding hydrogens is 676 g/mol. The summed E-state index contributed by atoms with van der Waals surface area (Å²) in [5.41, 5.74) is 8.57. The number of pyridine rings is 2. The van der Waals surface area contributed by atoms with Gasteiger partial charge in [-0.15, -0.1) is 0 Å². The Morgan fingerprint density at radius 2 is 1.62 bits per heavy atom. The van der Waals surface area contributed by atoms with Crippen LogP contribution in [0.2, 0.25) is 5.02 Å². The third-order valence-electron chi connectivity index (χ3n) is 10.1. The van der Waals surface area contributed by atoms with Gasteiger partial charge in [-0.2, -0.15) is 0 Å². The molecule has 11 nitrogen and oxygen atoms in total. The zero-order valence-electron chi connectivity index (χ0n) is 29.9. The average molecular weight is 719 g/mol. The minimum Gasteiger partial charge on any atom is -0.362 e. The molecule has 5 heterocycles. The van der Waals surface area contributed by atoms with Crippen LogP contribution in [0.25, 0.3) is 39.2 Å². The Bertz CT molecular complexity index is 2240. The van der Waals surface area contributed by atoms with Crippen molar-refractivity contribution in [1.82, 2.24) is 35.2 Å². The number of halogens is 1. The van der Waals surface area contributed by atoms with Gasteiger partial charge in [0.1, 0.15) is 11.5 Å². The lowest BCUT2D eigenvalue weighted by atomic mass is 9.92. The van der Waals surface area contributed by atoms with Crippen LogP contribution in [0.1, 0.15) is 42.4 Å². The molecule has 3 aromatic heterocycles. The van der Waals surface area contributed by atoms with Gasteiger partial charge in [0.15, 0.2) is 0 Å². The summed E-state index contributed by atoms with van der Waals surface area (Å²) in [6.07, 6.45) is 6.11. The Morgan fingerprint density at radius 3 is 2.35 bits per heavy atom. The summed E-state index contributed by atoms with van der Waals surface area (Å²) < 4.78 is 1.57. The second-order valence-corrected chi connectivity index (χ2v) is 14.3. The highest BCUT2D eigenvalue weighted by Crippen LogP contribution is 2.40. The van der Waals surface area contributed by atoms with Crippen molar-refractivity contribution in [2.45, 2.75) is 57.9 Å². The van der Waals surface area contributed by atoms with E-state index in [2.05, 4.69) is 51.0 Å². The van der Waals surface area contributed by atoms with Gasteiger partial charge in [-0.1, -0.05) is 54.1 Å². The molecule has 7 rings (SSSR count). The number of hydrogen-bond donors (Lipinski definition) is 3. The van der Waals surface area contributed by atoms with Gasteiger partial charge in [-0.05, 0) is 67.3 Å². The molecule has 0 saturated carbocycles. The van der Waals surface area contributed by atoms with Gasteiger partial charge < -0.3 is 20.9 Å². The van der Waals surface area contributed by atoms with Crippen LogP contribution in [0.5, 0.6) is 0 Å². The Balaban J connectivity index is 1.14. The van der Waals surface area contributed by atoms with E-state index in [0.29, 0.717) is 48.7 Å². The molecule has 0 spiro atoms. The third-order valence-corrected chi connectivity index (χ3v) is 10.5. The fraction of sp³-hybridized carbons (Fsp3) is 0.325. The summed E-state index contributed by atoms with van der Waals surface area (Å²) >= 11 is 7.22. The predicted octanol–water partition coefficient (Wildman–Crippen LogP) is 5.15. The van der Waals surface area contributed by atoms with E-state index >= 15 is 0 Å². The summed E-state index contributed by atoms with van der Waals surface area (Å²) in [6.45, 7) is 3.71. The van der Waals surface area contributed by atoms with E-state index in [1.165, 1.54) is 0 Å². The number of rotatable bonds is 11. The Kier molecular flexibility index (Phi) is 10.1. The number of anilines is 1. The SMILES string of the molecule is Cc1c(-c2ccn3c(=O)c(CNC[C@@H]4CCC(=O)N4)cnc3c2)cccc1-c1cccc(-c2ccc(CN(C)[C@H]3CCC(=O)N3)c(N(C)C)n2)c1Cl. The summed E-state index contributed by atoms with van der Waals surface area (Å²) in [5.74, 6) is 1.01. The van der Waals surface area contributed by atoms with E-state index in [1.807, 2.05) is 68.5 Å². The first-order valence-corrected chi connectivity index (χ1v) is 18.0. The normalized spacial score (nSPS) is 17.2. The van der Waals surface area contributed by atoms with E-state index in [-0.39, 0.29) is 29.6 Å². The first-order valence-electron chi connectivity index (χ1n) is 17.6. The van der Waals surface area contributed by atoms with Crippen molar-refractivity contribution in [3.8, 4) is 33.5 Å². The maximum Gasteiger partial charge on any atom is 0.262 e. The van der Waals surface area contributed by atoms with Crippen molar-refractivity contribution in [2.24, 2.45) is 0 Å². The topological polar surface area (TPSA) is 124 Å². The van der Waals surface area contributed by atoms with Crippen molar-refractivity contribution >= 4 is 34.9 Å². The average Bonchev–Trinajstić information content (AvgIpc) is 3.77. The van der Waals surface area contributed by atoms with Gasteiger partial charge in [0.05, 0.1) is 16.9 Å². The summed E-state index contributed by atoms with van der Waals surface area (Å²) in [7, 11) is 5.98. The lowest BCUT2D eigenvalue weighted by molar-refractivity contribution is -0.120. The zero-order chi connectivity index (χ0) is 36.5. The second-order valence-electron chi connectivity index (χ2n) is 13.9. The smallest absolute Gasteiger partial charge is 0.262 e. The number of aromatic nitrogens is 3. The zero-order valence-corrected chi connectivity index (χ0v) is 30.6. The third kappa shape index (κ3) is 7.16. The van der Waals surface area contributed by atoms with Crippen molar-refractivity contribution in [2.75, 3.05) is 32.6 Å². The molecule has 0 radical (unpaired) electrons. The molecule has 5 aromatic rings. The fourth-order valence-corrected chi connectivity index (χ4v) is 7.56. The van der Waals surface area contributed by atoms with Crippen LogP contribution >= 0.6 is 11.6 Å². The highest BCUT2D eigenvalue weighted by molar-refractivity contribution is 6.36. The summed E-state index contributed by atoms with van der Waals surface area (Å²) in [4.78, 5) is 50.5. The Morgan fingerprint density at radius 1 is 0.885 bits per heavy atom. The number of benzene rings is 2.